The Kier molecular flexibility index (Phi) is 2.77. The first-order valence-electron chi connectivity index (χ1n) is 4.29. The third kappa shape index (κ3) is 1.56. The molecule has 0 aliphatic carbocycles. The number of rotatable bonds is 3. The molecule has 1 heterocycles. The molecule has 1 unspecified atom stereocenters. The van der Waals surface area contributed by atoms with Crippen LogP contribution in [0.4, 0.5) is 5.88 Å². The van der Waals surface area contributed by atoms with Gasteiger partial charge in [0.1, 0.15) is 11.7 Å². The lowest BCUT2D eigenvalue weighted by atomic mass is 10.0. The van der Waals surface area contributed by atoms with Crippen LogP contribution in [0.2, 0.25) is 0 Å². The van der Waals surface area contributed by atoms with Gasteiger partial charge >= 0.3 is 0 Å². The zero-order valence-corrected chi connectivity index (χ0v) is 8.50. The Labute approximate surface area is 82.5 Å². The molecule has 1 rings (SSSR count). The van der Waals surface area contributed by atoms with Crippen LogP contribution in [0, 0.1) is 11.3 Å². The van der Waals surface area contributed by atoms with Crippen molar-refractivity contribution in [2.24, 2.45) is 0 Å². The molecule has 0 aliphatic rings. The summed E-state index contributed by atoms with van der Waals surface area (Å²) < 4.78 is 10.4. The van der Waals surface area contributed by atoms with Crippen LogP contribution in [0.3, 0.4) is 0 Å². The largest absolute Gasteiger partial charge is 0.421 e. The van der Waals surface area contributed by atoms with Crippen LogP contribution in [0.25, 0.3) is 0 Å². The Hall–Kier alpha value is -1.54. The molecule has 0 amide bonds. The van der Waals surface area contributed by atoms with Crippen LogP contribution < -0.4 is 5.73 Å². The van der Waals surface area contributed by atoms with Gasteiger partial charge in [-0.05, 0) is 13.3 Å². The number of ether oxygens (including phenoxy) is 1. The number of nitrogens with zero attached hydrogens (tertiary/aromatic N) is 2. The first kappa shape index (κ1) is 10.5. The molecule has 14 heavy (non-hydrogen) atoms. The topological polar surface area (TPSA) is 85.1 Å². The van der Waals surface area contributed by atoms with Crippen LogP contribution >= 0.6 is 0 Å². The molecule has 0 spiro atoms. The molecule has 76 valence electrons. The normalized spacial score (nSPS) is 14.7. The van der Waals surface area contributed by atoms with Gasteiger partial charge in [0.2, 0.25) is 17.5 Å². The summed E-state index contributed by atoms with van der Waals surface area (Å²) >= 11 is 0. The van der Waals surface area contributed by atoms with Crippen molar-refractivity contribution in [3.63, 3.8) is 0 Å². The summed E-state index contributed by atoms with van der Waals surface area (Å²) in [6.45, 7) is 3.77. The van der Waals surface area contributed by atoms with E-state index in [1.807, 2.05) is 19.9 Å². The number of nitrogens with two attached hydrogens (primary N) is 1. The van der Waals surface area contributed by atoms with Crippen LogP contribution in [-0.2, 0) is 10.3 Å². The Morgan fingerprint density at radius 3 is 2.71 bits per heavy atom. The molecule has 5 nitrogen and oxygen atoms in total. The zero-order chi connectivity index (χ0) is 10.8. The van der Waals surface area contributed by atoms with Crippen molar-refractivity contribution in [1.29, 1.82) is 5.26 Å². The average molecular weight is 195 g/mol. The number of hydrogen-bond acceptors (Lipinski definition) is 5. The van der Waals surface area contributed by atoms with E-state index < -0.39 is 5.60 Å². The summed E-state index contributed by atoms with van der Waals surface area (Å²) in [5, 5.41) is 8.65. The molecule has 0 fully saturated rings. The maximum Gasteiger partial charge on any atom is 0.230 e. The van der Waals surface area contributed by atoms with Gasteiger partial charge < -0.3 is 14.9 Å². The average Bonchev–Trinajstić information content (AvgIpc) is 2.59. The van der Waals surface area contributed by atoms with Gasteiger partial charge in [-0.15, -0.1) is 0 Å². The monoisotopic (exact) mass is 195 g/mol. The molecule has 0 aromatic carbocycles. The number of nitrogen functional groups attached to an aromatic ring is 1. The zero-order valence-electron chi connectivity index (χ0n) is 8.50. The van der Waals surface area contributed by atoms with E-state index in [2.05, 4.69) is 4.98 Å². The molecule has 0 saturated carbocycles. The number of oxazole rings is 1. The highest BCUT2D eigenvalue weighted by molar-refractivity contribution is 5.41. The highest BCUT2D eigenvalue weighted by atomic mass is 16.5. The fraction of sp³-hybridized carbons (Fsp3) is 0.556. The van der Waals surface area contributed by atoms with Crippen molar-refractivity contribution < 1.29 is 9.15 Å². The third-order valence-corrected chi connectivity index (χ3v) is 2.34. The lowest BCUT2D eigenvalue weighted by molar-refractivity contribution is -0.0228. The second-order valence-electron chi connectivity index (χ2n) is 3.13. The van der Waals surface area contributed by atoms with Crippen LogP contribution in [0.5, 0.6) is 0 Å². The van der Waals surface area contributed by atoms with E-state index in [9.17, 15) is 0 Å². The van der Waals surface area contributed by atoms with E-state index in [1.165, 1.54) is 0 Å². The second-order valence-corrected chi connectivity index (χ2v) is 3.13. The Morgan fingerprint density at radius 2 is 2.36 bits per heavy atom. The fourth-order valence-electron chi connectivity index (χ4n) is 1.02. The number of nitriles is 1. The maximum atomic E-state index is 8.65. The standard InChI is InChI=1S/C9H13N3O2/c1-4-9(2,13-3)8-12-6(5-10)7(11)14-8/h4,11H2,1-3H3. The van der Waals surface area contributed by atoms with Crippen LogP contribution in [0.15, 0.2) is 4.42 Å². The summed E-state index contributed by atoms with van der Waals surface area (Å²) in [6, 6.07) is 1.85. The van der Waals surface area contributed by atoms with Crippen molar-refractivity contribution >= 4 is 5.88 Å². The van der Waals surface area contributed by atoms with Gasteiger partial charge in [0, 0.05) is 7.11 Å². The predicted molar refractivity (Wildman–Crippen MR) is 50.3 cm³/mol. The minimum absolute atomic E-state index is 0.0409. The molecule has 1 atom stereocenters. The summed E-state index contributed by atoms with van der Waals surface area (Å²) in [5.41, 5.74) is 4.94. The highest BCUT2D eigenvalue weighted by Gasteiger charge is 2.31. The third-order valence-electron chi connectivity index (χ3n) is 2.34. The molecule has 0 radical (unpaired) electrons. The molecular formula is C9H13N3O2. The summed E-state index contributed by atoms with van der Waals surface area (Å²) in [6.07, 6.45) is 0.689. The summed E-state index contributed by atoms with van der Waals surface area (Å²) in [5.74, 6) is 0.385. The van der Waals surface area contributed by atoms with Gasteiger partial charge in [0.05, 0.1) is 0 Å². The number of aromatic nitrogens is 1. The van der Waals surface area contributed by atoms with Crippen LogP contribution in [-0.4, -0.2) is 12.1 Å². The Bertz CT molecular complexity index is 361. The molecule has 0 aliphatic heterocycles. The molecule has 0 saturated heterocycles. The van der Waals surface area contributed by atoms with Crippen LogP contribution in [0.1, 0.15) is 31.9 Å². The van der Waals surface area contributed by atoms with E-state index in [0.717, 1.165) is 0 Å². The number of anilines is 1. The molecular weight excluding hydrogens is 182 g/mol. The molecule has 1 aromatic rings. The van der Waals surface area contributed by atoms with Crippen molar-refractivity contribution in [2.45, 2.75) is 25.9 Å². The van der Waals surface area contributed by atoms with Crippen molar-refractivity contribution in [1.82, 2.24) is 4.98 Å². The molecule has 1 aromatic heterocycles. The number of hydrogen-bond donors (Lipinski definition) is 1. The van der Waals surface area contributed by atoms with E-state index in [0.29, 0.717) is 12.3 Å². The van der Waals surface area contributed by atoms with Gasteiger partial charge in [-0.1, -0.05) is 6.92 Å². The minimum atomic E-state index is -0.622. The maximum absolute atomic E-state index is 8.65. The van der Waals surface area contributed by atoms with Gasteiger partial charge in [0.15, 0.2) is 0 Å². The van der Waals surface area contributed by atoms with Crippen molar-refractivity contribution in [2.75, 3.05) is 12.8 Å². The van der Waals surface area contributed by atoms with E-state index in [-0.39, 0.29) is 11.6 Å². The van der Waals surface area contributed by atoms with Gasteiger partial charge in [-0.3, -0.25) is 0 Å². The predicted octanol–water partition coefficient (Wildman–Crippen LogP) is 1.40. The van der Waals surface area contributed by atoms with Crippen molar-refractivity contribution in [3.8, 4) is 6.07 Å². The smallest absolute Gasteiger partial charge is 0.230 e. The van der Waals surface area contributed by atoms with E-state index in [1.54, 1.807) is 7.11 Å². The minimum Gasteiger partial charge on any atom is -0.421 e. The van der Waals surface area contributed by atoms with Gasteiger partial charge in [0.25, 0.3) is 0 Å². The van der Waals surface area contributed by atoms with Crippen molar-refractivity contribution in [3.05, 3.63) is 11.6 Å². The second kappa shape index (κ2) is 3.68. The Balaban J connectivity index is 3.14. The SMILES string of the molecule is CCC(C)(OC)c1nc(C#N)c(N)o1. The van der Waals surface area contributed by atoms with Gasteiger partial charge in [-0.2, -0.15) is 10.2 Å². The summed E-state index contributed by atoms with van der Waals surface area (Å²) in [7, 11) is 1.57. The first-order valence-corrected chi connectivity index (χ1v) is 4.29. The van der Waals surface area contributed by atoms with E-state index >= 15 is 0 Å². The Morgan fingerprint density at radius 1 is 1.71 bits per heavy atom. The lowest BCUT2D eigenvalue weighted by Gasteiger charge is -2.21. The first-order chi connectivity index (χ1) is 6.57. The molecule has 5 heteroatoms. The van der Waals surface area contributed by atoms with Gasteiger partial charge in [-0.25, -0.2) is 0 Å². The lowest BCUT2D eigenvalue weighted by Crippen LogP contribution is -2.23. The fourth-order valence-corrected chi connectivity index (χ4v) is 1.02. The number of methoxy groups -OCH3 is 1. The molecule has 2 N–H and O–H groups in total. The molecule has 0 bridgehead atoms. The quantitative estimate of drug-likeness (QED) is 0.787. The summed E-state index contributed by atoms with van der Waals surface area (Å²) in [4.78, 5) is 3.96. The highest BCUT2D eigenvalue weighted by Crippen LogP contribution is 2.29. The van der Waals surface area contributed by atoms with E-state index in [4.69, 9.17) is 20.1 Å².